The number of imide groups is 1. The lowest BCUT2D eigenvalue weighted by atomic mass is 10.2. The van der Waals surface area contributed by atoms with Crippen LogP contribution in [0.15, 0.2) is 54.6 Å². The Labute approximate surface area is 158 Å². The fraction of sp³-hybridized carbons (Fsp3) is 0.167. The first-order valence-electron chi connectivity index (χ1n) is 8.03. The van der Waals surface area contributed by atoms with E-state index in [2.05, 4.69) is 5.32 Å². The number of nitro groups is 1. The largest absolute Gasteiger partial charge is 0.325 e. The maximum Gasteiger partial charge on any atom is 0.269 e. The van der Waals surface area contributed by atoms with Crippen LogP contribution in [0, 0.1) is 10.1 Å². The molecule has 3 rings (SSSR count). The molecule has 1 saturated heterocycles. The Kier molecular flexibility index (Phi) is 5.51. The first kappa shape index (κ1) is 18.6. The van der Waals surface area contributed by atoms with Crippen LogP contribution in [0.1, 0.15) is 6.42 Å². The van der Waals surface area contributed by atoms with E-state index in [0.717, 1.165) is 16.7 Å². The standard InChI is InChI=1S/C18H15N3O5S/c22-16(19-12-4-2-1-3-5-12)11-27-15-10-17(23)20(18(15)24)13-6-8-14(9-7-13)21(25)26/h1-9,15H,10-11H2,(H,19,22). The van der Waals surface area contributed by atoms with Gasteiger partial charge in [-0.2, -0.15) is 0 Å². The van der Waals surface area contributed by atoms with Crippen molar-refractivity contribution in [2.45, 2.75) is 11.7 Å². The van der Waals surface area contributed by atoms with Gasteiger partial charge < -0.3 is 5.32 Å². The molecule has 2 aromatic carbocycles. The third kappa shape index (κ3) is 4.32. The number of hydrogen-bond acceptors (Lipinski definition) is 6. The van der Waals surface area contributed by atoms with Crippen LogP contribution >= 0.6 is 11.8 Å². The number of nitro benzene ring substituents is 1. The van der Waals surface area contributed by atoms with Crippen molar-refractivity contribution in [2.24, 2.45) is 0 Å². The Morgan fingerprint density at radius 1 is 1.15 bits per heavy atom. The first-order chi connectivity index (χ1) is 13.0. The van der Waals surface area contributed by atoms with Gasteiger partial charge in [0, 0.05) is 24.2 Å². The van der Waals surface area contributed by atoms with Crippen LogP contribution in [0.2, 0.25) is 0 Å². The molecular formula is C18H15N3O5S. The van der Waals surface area contributed by atoms with Crippen molar-refractivity contribution in [3.63, 3.8) is 0 Å². The zero-order valence-corrected chi connectivity index (χ0v) is 14.8. The lowest BCUT2D eigenvalue weighted by Crippen LogP contribution is -2.31. The van der Waals surface area contributed by atoms with E-state index in [4.69, 9.17) is 0 Å². The molecule has 1 aliphatic heterocycles. The zero-order valence-electron chi connectivity index (χ0n) is 14.0. The van der Waals surface area contributed by atoms with Gasteiger partial charge in [0.05, 0.1) is 21.6 Å². The minimum atomic E-state index is -0.658. The van der Waals surface area contributed by atoms with E-state index in [9.17, 15) is 24.5 Å². The van der Waals surface area contributed by atoms with Crippen molar-refractivity contribution in [3.05, 3.63) is 64.7 Å². The average Bonchev–Trinajstić information content (AvgIpc) is 2.94. The van der Waals surface area contributed by atoms with E-state index >= 15 is 0 Å². The summed E-state index contributed by atoms with van der Waals surface area (Å²) in [6.45, 7) is 0. The molecule has 0 aliphatic carbocycles. The van der Waals surface area contributed by atoms with Crippen molar-refractivity contribution in [1.29, 1.82) is 0 Å². The maximum absolute atomic E-state index is 12.5. The predicted molar refractivity (Wildman–Crippen MR) is 102 cm³/mol. The van der Waals surface area contributed by atoms with Crippen molar-refractivity contribution in [3.8, 4) is 0 Å². The highest BCUT2D eigenvalue weighted by Gasteiger charge is 2.40. The van der Waals surface area contributed by atoms with Gasteiger partial charge in [-0.3, -0.25) is 24.5 Å². The van der Waals surface area contributed by atoms with E-state index in [0.29, 0.717) is 5.69 Å². The summed E-state index contributed by atoms with van der Waals surface area (Å²) >= 11 is 1.10. The van der Waals surface area contributed by atoms with E-state index in [1.165, 1.54) is 24.3 Å². The second kappa shape index (κ2) is 8.00. The normalized spacial score (nSPS) is 16.4. The number of benzene rings is 2. The second-order valence-corrected chi connectivity index (χ2v) is 6.95. The quantitative estimate of drug-likeness (QED) is 0.465. The third-order valence-electron chi connectivity index (χ3n) is 3.90. The number of thioether (sulfide) groups is 1. The van der Waals surface area contributed by atoms with Crippen LogP contribution in [-0.2, 0) is 14.4 Å². The van der Waals surface area contributed by atoms with Crippen LogP contribution in [0.4, 0.5) is 17.1 Å². The lowest BCUT2D eigenvalue weighted by molar-refractivity contribution is -0.384. The third-order valence-corrected chi connectivity index (χ3v) is 5.10. The minimum Gasteiger partial charge on any atom is -0.325 e. The minimum absolute atomic E-state index is 0.0148. The monoisotopic (exact) mass is 385 g/mol. The summed E-state index contributed by atoms with van der Waals surface area (Å²) in [5.74, 6) is -1.05. The Morgan fingerprint density at radius 3 is 2.44 bits per heavy atom. The van der Waals surface area contributed by atoms with Crippen molar-refractivity contribution >= 4 is 46.5 Å². The van der Waals surface area contributed by atoms with Gasteiger partial charge in [0.15, 0.2) is 0 Å². The van der Waals surface area contributed by atoms with Gasteiger partial charge in [-0.25, -0.2) is 4.90 Å². The van der Waals surface area contributed by atoms with Crippen LogP contribution < -0.4 is 10.2 Å². The number of amides is 3. The van der Waals surface area contributed by atoms with E-state index in [1.807, 2.05) is 6.07 Å². The van der Waals surface area contributed by atoms with Crippen LogP contribution in [-0.4, -0.2) is 33.6 Å². The number of anilines is 2. The van der Waals surface area contributed by atoms with E-state index < -0.39 is 22.0 Å². The van der Waals surface area contributed by atoms with Gasteiger partial charge in [-0.15, -0.1) is 11.8 Å². The summed E-state index contributed by atoms with van der Waals surface area (Å²) in [6, 6.07) is 14.1. The summed E-state index contributed by atoms with van der Waals surface area (Å²) in [7, 11) is 0. The Morgan fingerprint density at radius 2 is 1.81 bits per heavy atom. The van der Waals surface area contributed by atoms with E-state index in [-0.39, 0.29) is 29.5 Å². The molecule has 1 atom stereocenters. The van der Waals surface area contributed by atoms with Crippen molar-refractivity contribution < 1.29 is 19.3 Å². The molecule has 1 heterocycles. The molecule has 1 aliphatic rings. The summed E-state index contributed by atoms with van der Waals surface area (Å²) in [5, 5.41) is 12.8. The number of carbonyl (C=O) groups excluding carboxylic acids is 3. The molecule has 0 spiro atoms. The molecule has 1 unspecified atom stereocenters. The lowest BCUT2D eigenvalue weighted by Gasteiger charge is -2.14. The number of nitrogens with one attached hydrogen (secondary N) is 1. The fourth-order valence-corrected chi connectivity index (χ4v) is 3.56. The van der Waals surface area contributed by atoms with Gasteiger partial charge >= 0.3 is 0 Å². The van der Waals surface area contributed by atoms with Gasteiger partial charge in [-0.05, 0) is 24.3 Å². The fourth-order valence-electron chi connectivity index (χ4n) is 2.62. The highest BCUT2D eigenvalue weighted by Crippen LogP contribution is 2.30. The topological polar surface area (TPSA) is 110 Å². The van der Waals surface area contributed by atoms with Crippen LogP contribution in [0.3, 0.4) is 0 Å². The molecule has 27 heavy (non-hydrogen) atoms. The Balaban J connectivity index is 1.60. The number of para-hydroxylation sites is 1. The number of rotatable bonds is 6. The molecule has 8 nitrogen and oxygen atoms in total. The van der Waals surface area contributed by atoms with Gasteiger partial charge in [0.25, 0.3) is 5.69 Å². The summed E-state index contributed by atoms with van der Waals surface area (Å²) < 4.78 is 0. The van der Waals surface area contributed by atoms with Crippen LogP contribution in [0.5, 0.6) is 0 Å². The maximum atomic E-state index is 12.5. The number of non-ortho nitro benzene ring substituents is 1. The van der Waals surface area contributed by atoms with Gasteiger partial charge in [-0.1, -0.05) is 18.2 Å². The molecule has 3 amide bonds. The molecule has 1 N–H and O–H groups in total. The summed E-state index contributed by atoms with van der Waals surface area (Å²) in [5.41, 5.74) is 0.818. The zero-order chi connectivity index (χ0) is 19.4. The molecule has 2 aromatic rings. The smallest absolute Gasteiger partial charge is 0.269 e. The highest BCUT2D eigenvalue weighted by atomic mass is 32.2. The first-order valence-corrected chi connectivity index (χ1v) is 9.08. The molecule has 0 radical (unpaired) electrons. The molecular weight excluding hydrogens is 370 g/mol. The average molecular weight is 385 g/mol. The van der Waals surface area contributed by atoms with Crippen molar-refractivity contribution in [2.75, 3.05) is 16.0 Å². The summed E-state index contributed by atoms with van der Waals surface area (Å²) in [6.07, 6.45) is -0.0148. The Bertz CT molecular complexity index is 886. The molecule has 9 heteroatoms. The second-order valence-electron chi connectivity index (χ2n) is 5.76. The Hall–Kier alpha value is -3.20. The van der Waals surface area contributed by atoms with Crippen LogP contribution in [0.25, 0.3) is 0 Å². The van der Waals surface area contributed by atoms with Gasteiger partial charge in [0.1, 0.15) is 0 Å². The highest BCUT2D eigenvalue weighted by molar-refractivity contribution is 8.01. The molecule has 0 aromatic heterocycles. The van der Waals surface area contributed by atoms with E-state index in [1.54, 1.807) is 24.3 Å². The number of carbonyl (C=O) groups is 3. The van der Waals surface area contributed by atoms with Gasteiger partial charge in [0.2, 0.25) is 17.7 Å². The SMILES string of the molecule is O=C(CSC1CC(=O)N(c2ccc([N+](=O)[O-])cc2)C1=O)Nc1ccccc1. The number of hydrogen-bond donors (Lipinski definition) is 1. The summed E-state index contributed by atoms with van der Waals surface area (Å²) in [4.78, 5) is 47.9. The molecule has 1 fully saturated rings. The van der Waals surface area contributed by atoms with Crippen molar-refractivity contribution in [1.82, 2.24) is 0 Å². The molecule has 0 bridgehead atoms. The number of nitrogens with zero attached hydrogens (tertiary/aromatic N) is 2. The molecule has 0 saturated carbocycles. The molecule has 138 valence electrons. The predicted octanol–water partition coefficient (Wildman–Crippen LogP) is 2.60.